The Morgan fingerprint density at radius 1 is 0.923 bits per heavy atom. The van der Waals surface area contributed by atoms with Crippen LogP contribution in [0.25, 0.3) is 0 Å². The molecule has 26 heavy (non-hydrogen) atoms. The highest BCUT2D eigenvalue weighted by Crippen LogP contribution is 2.27. The molecule has 0 N–H and O–H groups in total. The van der Waals surface area contributed by atoms with Crippen LogP contribution < -0.4 is 0 Å². The molecule has 4 rings (SSSR count). The normalized spacial score (nSPS) is 25.6. The number of hydrogen-bond donors (Lipinski definition) is 0. The minimum Gasteiger partial charge on any atom is -0.342 e. The minimum atomic E-state index is 0.180. The summed E-state index contributed by atoms with van der Waals surface area (Å²) in [6, 6.07) is 4.38. The standard InChI is InChI=1S/C20H29N3O2S/c24-19(21-9-1-2-10-21)16-5-3-11-23(15-16)17-7-12-22(13-8-17)20(25)18-6-4-14-26-18/h4,6,14,16-17H,1-3,5,7-13,15H2/t16-/m0/s1. The van der Waals surface area contributed by atoms with Gasteiger partial charge in [-0.2, -0.15) is 0 Å². The third-order valence-corrected chi connectivity index (χ3v) is 7.08. The molecule has 0 aromatic carbocycles. The van der Waals surface area contributed by atoms with Crippen LogP contribution in [0.5, 0.6) is 0 Å². The first-order valence-electron chi connectivity index (χ1n) is 10.1. The molecule has 6 heteroatoms. The van der Waals surface area contributed by atoms with E-state index in [2.05, 4.69) is 9.80 Å². The summed E-state index contributed by atoms with van der Waals surface area (Å²) in [7, 11) is 0. The van der Waals surface area contributed by atoms with Crippen LogP contribution in [0.4, 0.5) is 0 Å². The maximum absolute atomic E-state index is 12.7. The summed E-state index contributed by atoms with van der Waals surface area (Å²) >= 11 is 1.53. The lowest BCUT2D eigenvalue weighted by Crippen LogP contribution is -2.51. The molecule has 1 aromatic rings. The number of hydrogen-bond acceptors (Lipinski definition) is 4. The van der Waals surface area contributed by atoms with Crippen molar-refractivity contribution in [3.63, 3.8) is 0 Å². The molecule has 0 saturated carbocycles. The SMILES string of the molecule is O=C(c1cccs1)N1CCC(N2CCC[C@H](C(=O)N3CCCC3)C2)CC1. The van der Waals surface area contributed by atoms with Gasteiger partial charge in [-0.15, -0.1) is 11.3 Å². The van der Waals surface area contributed by atoms with Crippen molar-refractivity contribution in [2.24, 2.45) is 5.92 Å². The molecule has 2 amide bonds. The van der Waals surface area contributed by atoms with Crippen molar-refractivity contribution in [2.75, 3.05) is 39.3 Å². The van der Waals surface area contributed by atoms with Crippen LogP contribution in [0.3, 0.4) is 0 Å². The Morgan fingerprint density at radius 3 is 2.38 bits per heavy atom. The summed E-state index contributed by atoms with van der Waals surface area (Å²) in [5.41, 5.74) is 0. The number of piperidine rings is 2. The van der Waals surface area contributed by atoms with Gasteiger partial charge in [0, 0.05) is 38.8 Å². The smallest absolute Gasteiger partial charge is 0.263 e. The first-order valence-corrected chi connectivity index (χ1v) is 11.0. The van der Waals surface area contributed by atoms with Gasteiger partial charge < -0.3 is 9.80 Å². The average molecular weight is 376 g/mol. The molecular weight excluding hydrogens is 346 g/mol. The fourth-order valence-electron chi connectivity index (χ4n) is 4.73. The van der Waals surface area contributed by atoms with E-state index < -0.39 is 0 Å². The number of amides is 2. The Hall–Kier alpha value is -1.40. The molecule has 3 aliphatic rings. The van der Waals surface area contributed by atoms with Crippen molar-refractivity contribution < 1.29 is 9.59 Å². The summed E-state index contributed by atoms with van der Waals surface area (Å²) in [6.07, 6.45) is 6.56. The van der Waals surface area contributed by atoms with Crippen LogP contribution in [0.2, 0.25) is 0 Å². The number of rotatable bonds is 3. The first-order chi connectivity index (χ1) is 12.7. The Bertz CT molecular complexity index is 619. The molecule has 1 atom stereocenters. The van der Waals surface area contributed by atoms with Crippen molar-refractivity contribution in [3.8, 4) is 0 Å². The predicted molar refractivity (Wildman–Crippen MR) is 103 cm³/mol. The number of thiophene rings is 1. The lowest BCUT2D eigenvalue weighted by molar-refractivity contribution is -0.136. The molecule has 3 fully saturated rings. The molecule has 1 aromatic heterocycles. The van der Waals surface area contributed by atoms with Crippen molar-refractivity contribution in [1.29, 1.82) is 0 Å². The Balaban J connectivity index is 1.30. The summed E-state index contributed by atoms with van der Waals surface area (Å²) < 4.78 is 0. The molecule has 3 saturated heterocycles. The molecular formula is C20H29N3O2S. The van der Waals surface area contributed by atoms with E-state index in [1.807, 2.05) is 22.4 Å². The fourth-order valence-corrected chi connectivity index (χ4v) is 5.42. The molecule has 3 aliphatic heterocycles. The quantitative estimate of drug-likeness (QED) is 0.816. The highest BCUT2D eigenvalue weighted by molar-refractivity contribution is 7.12. The third-order valence-electron chi connectivity index (χ3n) is 6.22. The number of nitrogens with zero attached hydrogens (tertiary/aromatic N) is 3. The van der Waals surface area contributed by atoms with Crippen LogP contribution in [-0.4, -0.2) is 71.8 Å². The highest BCUT2D eigenvalue weighted by Gasteiger charge is 2.34. The van der Waals surface area contributed by atoms with Gasteiger partial charge in [-0.1, -0.05) is 6.07 Å². The Labute approximate surface area is 159 Å². The molecule has 0 bridgehead atoms. The van der Waals surface area contributed by atoms with Gasteiger partial charge in [-0.05, 0) is 56.5 Å². The fraction of sp³-hybridized carbons (Fsp3) is 0.700. The Kier molecular flexibility index (Phi) is 5.60. The van der Waals surface area contributed by atoms with Crippen LogP contribution in [0.15, 0.2) is 17.5 Å². The van der Waals surface area contributed by atoms with E-state index in [9.17, 15) is 9.59 Å². The second-order valence-electron chi connectivity index (χ2n) is 7.87. The molecule has 142 valence electrons. The molecule has 0 unspecified atom stereocenters. The van der Waals surface area contributed by atoms with E-state index in [-0.39, 0.29) is 11.8 Å². The maximum Gasteiger partial charge on any atom is 0.263 e. The molecule has 4 heterocycles. The van der Waals surface area contributed by atoms with Gasteiger partial charge in [0.1, 0.15) is 0 Å². The predicted octanol–water partition coefficient (Wildman–Crippen LogP) is 2.69. The van der Waals surface area contributed by atoms with Gasteiger partial charge in [0.15, 0.2) is 0 Å². The van der Waals surface area contributed by atoms with Crippen LogP contribution in [0.1, 0.15) is 48.2 Å². The third kappa shape index (κ3) is 3.81. The van der Waals surface area contributed by atoms with E-state index in [0.29, 0.717) is 11.9 Å². The van der Waals surface area contributed by atoms with Crippen molar-refractivity contribution in [1.82, 2.24) is 14.7 Å². The summed E-state index contributed by atoms with van der Waals surface area (Å²) in [5.74, 6) is 0.754. The second kappa shape index (κ2) is 8.09. The topological polar surface area (TPSA) is 43.9 Å². The lowest BCUT2D eigenvalue weighted by Gasteiger charge is -2.42. The number of carbonyl (C=O) groups is 2. The van der Waals surface area contributed by atoms with Gasteiger partial charge in [0.2, 0.25) is 5.91 Å². The average Bonchev–Trinajstić information content (AvgIpc) is 3.41. The van der Waals surface area contributed by atoms with E-state index in [4.69, 9.17) is 0 Å². The van der Waals surface area contributed by atoms with E-state index in [0.717, 1.165) is 69.8 Å². The minimum absolute atomic E-state index is 0.180. The summed E-state index contributed by atoms with van der Waals surface area (Å²) in [6.45, 7) is 5.61. The largest absolute Gasteiger partial charge is 0.342 e. The summed E-state index contributed by atoms with van der Waals surface area (Å²) in [5, 5.41) is 1.96. The van der Waals surface area contributed by atoms with Gasteiger partial charge >= 0.3 is 0 Å². The van der Waals surface area contributed by atoms with E-state index >= 15 is 0 Å². The van der Waals surface area contributed by atoms with Gasteiger partial charge in [-0.25, -0.2) is 0 Å². The van der Waals surface area contributed by atoms with E-state index in [1.54, 1.807) is 0 Å². The van der Waals surface area contributed by atoms with Crippen molar-refractivity contribution in [2.45, 2.75) is 44.6 Å². The number of carbonyl (C=O) groups excluding carboxylic acids is 2. The van der Waals surface area contributed by atoms with Gasteiger partial charge in [0.05, 0.1) is 10.8 Å². The van der Waals surface area contributed by atoms with Gasteiger partial charge in [-0.3, -0.25) is 14.5 Å². The van der Waals surface area contributed by atoms with Crippen LogP contribution in [-0.2, 0) is 4.79 Å². The Morgan fingerprint density at radius 2 is 1.69 bits per heavy atom. The van der Waals surface area contributed by atoms with Crippen molar-refractivity contribution >= 4 is 23.2 Å². The van der Waals surface area contributed by atoms with Crippen molar-refractivity contribution in [3.05, 3.63) is 22.4 Å². The van der Waals surface area contributed by atoms with Crippen LogP contribution in [0, 0.1) is 5.92 Å². The molecule has 0 radical (unpaired) electrons. The summed E-state index contributed by atoms with van der Waals surface area (Å²) in [4.78, 5) is 32.7. The van der Waals surface area contributed by atoms with Crippen LogP contribution >= 0.6 is 11.3 Å². The zero-order chi connectivity index (χ0) is 17.9. The maximum atomic E-state index is 12.7. The first kappa shape index (κ1) is 18.0. The second-order valence-corrected chi connectivity index (χ2v) is 8.81. The molecule has 0 spiro atoms. The zero-order valence-electron chi connectivity index (χ0n) is 15.4. The zero-order valence-corrected chi connectivity index (χ0v) is 16.3. The van der Waals surface area contributed by atoms with E-state index in [1.165, 1.54) is 24.2 Å². The molecule has 0 aliphatic carbocycles. The molecule has 5 nitrogen and oxygen atoms in total. The van der Waals surface area contributed by atoms with Gasteiger partial charge in [0.25, 0.3) is 5.91 Å². The highest BCUT2D eigenvalue weighted by atomic mass is 32.1. The lowest BCUT2D eigenvalue weighted by atomic mass is 9.93. The number of likely N-dealkylation sites (tertiary alicyclic amines) is 3. The monoisotopic (exact) mass is 375 g/mol.